The van der Waals surface area contributed by atoms with Crippen molar-refractivity contribution in [3.05, 3.63) is 24.5 Å². The van der Waals surface area contributed by atoms with Crippen LogP contribution in [-0.2, 0) is 42.9 Å². The topological polar surface area (TPSA) is 114 Å². The highest BCUT2D eigenvalue weighted by Gasteiger charge is 2.50. The van der Waals surface area contributed by atoms with Crippen LogP contribution in [-0.4, -0.2) is 54.9 Å². The SMILES string of the molecule is C=C/C=C1\O[C@H](COC(C)=O)[C@@H](OC(C)=O)[C@H](OC(C)=O)[C@@H]1OC(C)=O. The Morgan fingerprint density at radius 1 is 0.923 bits per heavy atom. The van der Waals surface area contributed by atoms with Crippen LogP contribution in [0.2, 0.25) is 0 Å². The first kappa shape index (κ1) is 21.2. The second kappa shape index (κ2) is 9.59. The molecule has 0 aromatic heterocycles. The van der Waals surface area contributed by atoms with Crippen molar-refractivity contribution in [3.63, 3.8) is 0 Å². The molecule has 26 heavy (non-hydrogen) atoms. The third-order valence-corrected chi connectivity index (χ3v) is 3.19. The molecular weight excluding hydrogens is 348 g/mol. The number of rotatable bonds is 6. The first-order valence-corrected chi connectivity index (χ1v) is 7.80. The summed E-state index contributed by atoms with van der Waals surface area (Å²) in [6, 6.07) is 0. The molecule has 0 aromatic rings. The van der Waals surface area contributed by atoms with Gasteiger partial charge in [0.1, 0.15) is 12.4 Å². The van der Waals surface area contributed by atoms with Gasteiger partial charge in [-0.1, -0.05) is 12.7 Å². The molecule has 0 aliphatic carbocycles. The summed E-state index contributed by atoms with van der Waals surface area (Å²) in [4.78, 5) is 45.6. The van der Waals surface area contributed by atoms with Crippen molar-refractivity contribution >= 4 is 23.9 Å². The van der Waals surface area contributed by atoms with Crippen LogP contribution in [0, 0.1) is 0 Å². The minimum Gasteiger partial charge on any atom is -0.483 e. The maximum atomic E-state index is 11.5. The normalized spacial score (nSPS) is 26.2. The Morgan fingerprint density at radius 3 is 1.92 bits per heavy atom. The molecule has 0 radical (unpaired) electrons. The van der Waals surface area contributed by atoms with Crippen molar-refractivity contribution < 1.29 is 42.9 Å². The minimum absolute atomic E-state index is 0.113. The lowest BCUT2D eigenvalue weighted by Gasteiger charge is -2.41. The Labute approximate surface area is 150 Å². The summed E-state index contributed by atoms with van der Waals surface area (Å²) in [6.07, 6.45) is -1.71. The summed E-state index contributed by atoms with van der Waals surface area (Å²) in [7, 11) is 0. The van der Waals surface area contributed by atoms with Crippen LogP contribution in [0.5, 0.6) is 0 Å². The standard InChI is InChI=1S/C17H22O9/c1-6-7-13-15(23-10(3)19)17(25-12(5)21)16(24-11(4)20)14(26-13)8-22-9(2)18/h6-7,14-17H,1,8H2,2-5H3/b13-7-/t14-,15-,16-,17-/m1/s1. The smallest absolute Gasteiger partial charge is 0.303 e. The number of esters is 4. The Kier molecular flexibility index (Phi) is 7.82. The summed E-state index contributed by atoms with van der Waals surface area (Å²) in [5, 5.41) is 0. The van der Waals surface area contributed by atoms with Gasteiger partial charge in [-0.05, 0) is 6.08 Å². The summed E-state index contributed by atoms with van der Waals surface area (Å²) in [5.74, 6) is -2.49. The van der Waals surface area contributed by atoms with Crippen LogP contribution >= 0.6 is 0 Å². The first-order valence-electron chi connectivity index (χ1n) is 7.80. The van der Waals surface area contributed by atoms with Gasteiger partial charge in [0.2, 0.25) is 0 Å². The van der Waals surface area contributed by atoms with Gasteiger partial charge in [0, 0.05) is 27.7 Å². The highest BCUT2D eigenvalue weighted by Crippen LogP contribution is 2.31. The Morgan fingerprint density at radius 2 is 1.46 bits per heavy atom. The summed E-state index contributed by atoms with van der Waals surface area (Å²) in [6.45, 7) is 7.96. The molecule has 1 aliphatic rings. The van der Waals surface area contributed by atoms with Crippen LogP contribution in [0.25, 0.3) is 0 Å². The zero-order valence-corrected chi connectivity index (χ0v) is 15.1. The Hall–Kier alpha value is -2.84. The van der Waals surface area contributed by atoms with Gasteiger partial charge >= 0.3 is 23.9 Å². The molecule has 0 bridgehead atoms. The van der Waals surface area contributed by atoms with Crippen molar-refractivity contribution in [2.75, 3.05) is 6.61 Å². The first-order chi connectivity index (χ1) is 12.1. The Balaban J connectivity index is 3.31. The molecule has 1 heterocycles. The second-order valence-corrected chi connectivity index (χ2v) is 5.44. The molecule has 0 amide bonds. The zero-order valence-electron chi connectivity index (χ0n) is 15.1. The highest BCUT2D eigenvalue weighted by atomic mass is 16.7. The fourth-order valence-electron chi connectivity index (χ4n) is 2.39. The number of ether oxygens (including phenoxy) is 5. The molecule has 0 saturated carbocycles. The molecule has 0 N–H and O–H groups in total. The van der Waals surface area contributed by atoms with E-state index in [-0.39, 0.29) is 12.4 Å². The van der Waals surface area contributed by atoms with Crippen molar-refractivity contribution in [1.82, 2.24) is 0 Å². The maximum Gasteiger partial charge on any atom is 0.303 e. The lowest BCUT2D eigenvalue weighted by atomic mass is 9.96. The predicted molar refractivity (Wildman–Crippen MR) is 86.4 cm³/mol. The molecule has 1 fully saturated rings. The lowest BCUT2D eigenvalue weighted by Crippen LogP contribution is -2.57. The third-order valence-electron chi connectivity index (χ3n) is 3.19. The molecule has 0 unspecified atom stereocenters. The van der Waals surface area contributed by atoms with Crippen molar-refractivity contribution in [1.29, 1.82) is 0 Å². The average Bonchev–Trinajstić information content (AvgIpc) is 2.50. The van der Waals surface area contributed by atoms with Crippen LogP contribution < -0.4 is 0 Å². The summed E-state index contributed by atoms with van der Waals surface area (Å²) >= 11 is 0. The van der Waals surface area contributed by atoms with E-state index in [0.717, 1.165) is 13.8 Å². The molecule has 4 atom stereocenters. The van der Waals surface area contributed by atoms with Crippen LogP contribution in [0.3, 0.4) is 0 Å². The average molecular weight is 370 g/mol. The molecule has 144 valence electrons. The van der Waals surface area contributed by atoms with E-state index in [0.29, 0.717) is 0 Å². The minimum atomic E-state index is -1.19. The predicted octanol–water partition coefficient (Wildman–Crippen LogP) is 0.813. The van der Waals surface area contributed by atoms with Gasteiger partial charge < -0.3 is 23.7 Å². The monoisotopic (exact) mass is 370 g/mol. The zero-order chi connectivity index (χ0) is 19.9. The quantitative estimate of drug-likeness (QED) is 0.495. The third kappa shape index (κ3) is 6.23. The van der Waals surface area contributed by atoms with Crippen LogP contribution in [0.4, 0.5) is 0 Å². The van der Waals surface area contributed by atoms with Crippen molar-refractivity contribution in [2.45, 2.75) is 52.1 Å². The van der Waals surface area contributed by atoms with Crippen molar-refractivity contribution in [2.24, 2.45) is 0 Å². The van der Waals surface area contributed by atoms with Gasteiger partial charge in [-0.25, -0.2) is 0 Å². The van der Waals surface area contributed by atoms with Gasteiger partial charge in [-0.15, -0.1) is 0 Å². The fraction of sp³-hybridized carbons (Fsp3) is 0.529. The molecule has 0 aromatic carbocycles. The van der Waals surface area contributed by atoms with E-state index in [1.807, 2.05) is 0 Å². The number of hydrogen-bond donors (Lipinski definition) is 0. The van der Waals surface area contributed by atoms with Crippen LogP contribution in [0.15, 0.2) is 24.5 Å². The van der Waals surface area contributed by atoms with E-state index in [4.69, 9.17) is 23.7 Å². The van der Waals surface area contributed by atoms with Gasteiger partial charge in [-0.3, -0.25) is 19.2 Å². The van der Waals surface area contributed by atoms with E-state index in [2.05, 4.69) is 6.58 Å². The molecular formula is C17H22O9. The molecule has 1 saturated heterocycles. The fourth-order valence-corrected chi connectivity index (χ4v) is 2.39. The lowest BCUT2D eigenvalue weighted by molar-refractivity contribution is -0.215. The van der Waals surface area contributed by atoms with E-state index in [9.17, 15) is 19.2 Å². The summed E-state index contributed by atoms with van der Waals surface area (Å²) < 4.78 is 26.3. The number of carbonyl (C=O) groups excluding carboxylic acids is 4. The van der Waals surface area contributed by atoms with E-state index in [1.54, 1.807) is 0 Å². The van der Waals surface area contributed by atoms with E-state index in [1.165, 1.54) is 26.0 Å². The van der Waals surface area contributed by atoms with Crippen LogP contribution in [0.1, 0.15) is 27.7 Å². The van der Waals surface area contributed by atoms with Gasteiger partial charge in [-0.2, -0.15) is 0 Å². The second-order valence-electron chi connectivity index (χ2n) is 5.44. The molecule has 0 spiro atoms. The number of allylic oxidation sites excluding steroid dienone is 2. The van der Waals surface area contributed by atoms with Gasteiger partial charge in [0.15, 0.2) is 24.4 Å². The highest BCUT2D eigenvalue weighted by molar-refractivity contribution is 5.69. The molecule has 1 aliphatic heterocycles. The summed E-state index contributed by atoms with van der Waals surface area (Å²) in [5.41, 5.74) is 0. The van der Waals surface area contributed by atoms with E-state index >= 15 is 0 Å². The van der Waals surface area contributed by atoms with Crippen molar-refractivity contribution in [3.8, 4) is 0 Å². The molecule has 9 nitrogen and oxygen atoms in total. The van der Waals surface area contributed by atoms with E-state index < -0.39 is 48.3 Å². The largest absolute Gasteiger partial charge is 0.483 e. The number of hydrogen-bond acceptors (Lipinski definition) is 9. The number of carbonyl (C=O) groups is 4. The molecule has 1 rings (SSSR count). The maximum absolute atomic E-state index is 11.5. The molecule has 9 heteroatoms. The van der Waals surface area contributed by atoms with Gasteiger partial charge in [0.05, 0.1) is 0 Å². The van der Waals surface area contributed by atoms with Gasteiger partial charge in [0.25, 0.3) is 0 Å². The Bertz CT molecular complexity index is 607.